The number of hydrogen-bond acceptors (Lipinski definition) is 3. The monoisotopic (exact) mass is 259 g/mol. The summed E-state index contributed by atoms with van der Waals surface area (Å²) in [5.41, 5.74) is -0.813. The van der Waals surface area contributed by atoms with E-state index in [2.05, 4.69) is 0 Å². The number of hydrogen-bond donors (Lipinski definition) is 3. The molecule has 1 amide bonds. The van der Waals surface area contributed by atoms with Crippen molar-refractivity contribution in [1.29, 1.82) is 0 Å². The molecule has 7 heteroatoms. The van der Waals surface area contributed by atoms with Gasteiger partial charge in [0.15, 0.2) is 6.04 Å². The molecule has 0 aliphatic rings. The van der Waals surface area contributed by atoms with E-state index < -0.39 is 41.7 Å². The van der Waals surface area contributed by atoms with Crippen molar-refractivity contribution in [1.82, 2.24) is 5.32 Å². The van der Waals surface area contributed by atoms with E-state index in [4.69, 9.17) is 10.2 Å². The van der Waals surface area contributed by atoms with Gasteiger partial charge in [-0.1, -0.05) is 6.07 Å². The summed E-state index contributed by atoms with van der Waals surface area (Å²) in [5, 5.41) is 19.1. The van der Waals surface area contributed by atoms with Crippen LogP contribution in [0.5, 0.6) is 0 Å². The van der Waals surface area contributed by atoms with Crippen LogP contribution in [-0.4, -0.2) is 34.7 Å². The van der Waals surface area contributed by atoms with Crippen molar-refractivity contribution >= 4 is 11.9 Å². The number of amides is 1. The topological polar surface area (TPSA) is 86.6 Å². The van der Waals surface area contributed by atoms with Gasteiger partial charge in [-0.25, -0.2) is 13.6 Å². The van der Waals surface area contributed by atoms with Crippen LogP contribution < -0.4 is 5.32 Å². The Balaban J connectivity index is 3.05. The highest BCUT2D eigenvalue weighted by atomic mass is 19.1. The minimum absolute atomic E-state index is 0.0532. The van der Waals surface area contributed by atoms with Crippen molar-refractivity contribution in [2.75, 3.05) is 6.61 Å². The lowest BCUT2D eigenvalue weighted by Crippen LogP contribution is -2.43. The third-order valence-corrected chi connectivity index (χ3v) is 2.30. The molecular formula is C11H11F2NO4. The summed E-state index contributed by atoms with van der Waals surface area (Å²) in [6, 6.07) is 0.446. The number of carboxylic acids is 1. The number of benzene rings is 1. The average Bonchev–Trinajstić information content (AvgIpc) is 2.31. The normalized spacial score (nSPS) is 12.0. The first-order chi connectivity index (χ1) is 8.38. The molecule has 0 aliphatic heterocycles. The standard InChI is InChI=1S/C11H11F2NO4/c1-5-2-3-6(12)8(9(5)13)10(16)14-7(4-15)11(17)18/h2-3,7,15H,4H2,1H3,(H,14,16)(H,17,18)/t7-/m1/s1. The molecule has 1 atom stereocenters. The van der Waals surface area contributed by atoms with Gasteiger partial charge in [0.05, 0.1) is 6.61 Å². The molecule has 3 N–H and O–H groups in total. The molecule has 0 saturated carbocycles. The van der Waals surface area contributed by atoms with Gasteiger partial charge in [0.25, 0.3) is 5.91 Å². The Morgan fingerprint density at radius 2 is 2.00 bits per heavy atom. The third kappa shape index (κ3) is 2.80. The Bertz CT molecular complexity index is 490. The van der Waals surface area contributed by atoms with Crippen LogP contribution in [0.15, 0.2) is 12.1 Å². The Hall–Kier alpha value is -2.02. The van der Waals surface area contributed by atoms with Crippen LogP contribution >= 0.6 is 0 Å². The van der Waals surface area contributed by atoms with E-state index in [-0.39, 0.29) is 5.56 Å². The van der Waals surface area contributed by atoms with Crippen molar-refractivity contribution in [3.8, 4) is 0 Å². The molecule has 0 bridgehead atoms. The lowest BCUT2D eigenvalue weighted by molar-refractivity contribution is -0.140. The number of aliphatic hydroxyl groups is 1. The molecule has 0 fully saturated rings. The fourth-order valence-corrected chi connectivity index (χ4v) is 1.28. The highest BCUT2D eigenvalue weighted by Crippen LogP contribution is 2.16. The zero-order valence-electron chi connectivity index (χ0n) is 9.41. The second-order valence-corrected chi connectivity index (χ2v) is 3.60. The van der Waals surface area contributed by atoms with Gasteiger partial charge >= 0.3 is 5.97 Å². The number of aliphatic carboxylic acids is 1. The fraction of sp³-hybridized carbons (Fsp3) is 0.273. The Kier molecular flexibility index (Phi) is 4.33. The van der Waals surface area contributed by atoms with E-state index in [1.165, 1.54) is 6.92 Å². The van der Waals surface area contributed by atoms with Crippen molar-refractivity contribution in [3.05, 3.63) is 34.9 Å². The van der Waals surface area contributed by atoms with Gasteiger partial charge in [0, 0.05) is 0 Å². The molecule has 0 saturated heterocycles. The van der Waals surface area contributed by atoms with E-state index in [0.717, 1.165) is 12.1 Å². The highest BCUT2D eigenvalue weighted by Gasteiger charge is 2.24. The molecule has 1 rings (SSSR count). The minimum Gasteiger partial charge on any atom is -0.480 e. The van der Waals surface area contributed by atoms with Crippen LogP contribution in [0.3, 0.4) is 0 Å². The Morgan fingerprint density at radius 3 is 2.50 bits per heavy atom. The van der Waals surface area contributed by atoms with Gasteiger partial charge in [-0.15, -0.1) is 0 Å². The molecule has 0 unspecified atom stereocenters. The number of halogens is 2. The van der Waals surface area contributed by atoms with E-state index in [1.807, 2.05) is 5.32 Å². The van der Waals surface area contributed by atoms with Crippen molar-refractivity contribution in [2.24, 2.45) is 0 Å². The zero-order chi connectivity index (χ0) is 13.9. The smallest absolute Gasteiger partial charge is 0.328 e. The summed E-state index contributed by atoms with van der Waals surface area (Å²) < 4.78 is 26.9. The zero-order valence-corrected chi connectivity index (χ0v) is 9.41. The van der Waals surface area contributed by atoms with Crippen LogP contribution in [0.2, 0.25) is 0 Å². The number of nitrogens with one attached hydrogen (secondary N) is 1. The summed E-state index contributed by atoms with van der Waals surface area (Å²) >= 11 is 0. The predicted octanol–water partition coefficient (Wildman–Crippen LogP) is 0.449. The fourth-order valence-electron chi connectivity index (χ4n) is 1.28. The van der Waals surface area contributed by atoms with Crippen LogP contribution in [-0.2, 0) is 4.79 Å². The summed E-state index contributed by atoms with van der Waals surface area (Å²) in [6.07, 6.45) is 0. The number of aryl methyl sites for hydroxylation is 1. The molecule has 18 heavy (non-hydrogen) atoms. The number of carbonyl (C=O) groups excluding carboxylic acids is 1. The molecule has 98 valence electrons. The van der Waals surface area contributed by atoms with Crippen LogP contribution in [0.25, 0.3) is 0 Å². The number of rotatable bonds is 4. The van der Waals surface area contributed by atoms with Gasteiger partial charge in [0.1, 0.15) is 17.2 Å². The third-order valence-electron chi connectivity index (χ3n) is 2.30. The molecule has 1 aromatic rings. The number of carbonyl (C=O) groups is 2. The number of aliphatic hydroxyl groups excluding tert-OH is 1. The van der Waals surface area contributed by atoms with Gasteiger partial charge in [-0.2, -0.15) is 0 Å². The molecule has 0 spiro atoms. The lowest BCUT2D eigenvalue weighted by Gasteiger charge is -2.13. The van der Waals surface area contributed by atoms with Crippen molar-refractivity contribution in [2.45, 2.75) is 13.0 Å². The maximum Gasteiger partial charge on any atom is 0.328 e. The Labute approximate surface area is 101 Å². The first kappa shape index (κ1) is 14.0. The van der Waals surface area contributed by atoms with E-state index in [9.17, 15) is 18.4 Å². The van der Waals surface area contributed by atoms with Crippen molar-refractivity contribution < 1.29 is 28.6 Å². The quantitative estimate of drug-likeness (QED) is 0.732. The van der Waals surface area contributed by atoms with Crippen LogP contribution in [0, 0.1) is 18.6 Å². The molecule has 0 aliphatic carbocycles. The van der Waals surface area contributed by atoms with Gasteiger partial charge in [-0.05, 0) is 18.6 Å². The maximum atomic E-state index is 13.6. The van der Waals surface area contributed by atoms with E-state index >= 15 is 0 Å². The number of carboxylic acid groups (broad SMARTS) is 1. The molecule has 0 radical (unpaired) electrons. The largest absolute Gasteiger partial charge is 0.480 e. The second-order valence-electron chi connectivity index (χ2n) is 3.60. The van der Waals surface area contributed by atoms with Crippen LogP contribution in [0.1, 0.15) is 15.9 Å². The van der Waals surface area contributed by atoms with Gasteiger partial charge in [-0.3, -0.25) is 4.79 Å². The first-order valence-electron chi connectivity index (χ1n) is 4.97. The molecular weight excluding hydrogens is 248 g/mol. The van der Waals surface area contributed by atoms with E-state index in [1.54, 1.807) is 0 Å². The summed E-state index contributed by atoms with van der Waals surface area (Å²) in [4.78, 5) is 22.1. The Morgan fingerprint density at radius 1 is 1.39 bits per heavy atom. The SMILES string of the molecule is Cc1ccc(F)c(C(=O)N[C@H](CO)C(=O)O)c1F. The van der Waals surface area contributed by atoms with Crippen LogP contribution in [0.4, 0.5) is 8.78 Å². The summed E-state index contributed by atoms with van der Waals surface area (Å²) in [5.74, 6) is -4.89. The summed E-state index contributed by atoms with van der Waals surface area (Å²) in [6.45, 7) is 0.461. The molecule has 0 aromatic heterocycles. The predicted molar refractivity (Wildman–Crippen MR) is 57.1 cm³/mol. The minimum atomic E-state index is -1.61. The highest BCUT2D eigenvalue weighted by molar-refractivity contribution is 5.97. The van der Waals surface area contributed by atoms with Gasteiger partial charge in [0.2, 0.25) is 0 Å². The lowest BCUT2D eigenvalue weighted by atomic mass is 10.1. The van der Waals surface area contributed by atoms with E-state index in [0.29, 0.717) is 0 Å². The molecule has 1 aromatic carbocycles. The molecule has 0 heterocycles. The van der Waals surface area contributed by atoms with Crippen molar-refractivity contribution in [3.63, 3.8) is 0 Å². The maximum absolute atomic E-state index is 13.6. The van der Waals surface area contributed by atoms with Gasteiger partial charge < -0.3 is 15.5 Å². The first-order valence-corrected chi connectivity index (χ1v) is 4.97. The molecule has 5 nitrogen and oxygen atoms in total. The summed E-state index contributed by atoms with van der Waals surface area (Å²) in [7, 11) is 0. The average molecular weight is 259 g/mol. The second kappa shape index (κ2) is 5.54.